The van der Waals surface area contributed by atoms with Gasteiger partial charge in [0, 0.05) is 32.4 Å². The van der Waals surface area contributed by atoms with E-state index in [0.29, 0.717) is 6.54 Å². The molecule has 0 spiro atoms. The number of likely N-dealkylation sites (tertiary alicyclic amines) is 1. The summed E-state index contributed by atoms with van der Waals surface area (Å²) in [5, 5.41) is 0. The Morgan fingerprint density at radius 3 is 2.64 bits per heavy atom. The molecular weight excluding hydrogens is 272 g/mol. The van der Waals surface area contributed by atoms with Gasteiger partial charge in [0.1, 0.15) is 0 Å². The molecular formula is C18H28N4. The Labute approximate surface area is 134 Å². The lowest BCUT2D eigenvalue weighted by Crippen LogP contribution is -2.38. The number of guanidine groups is 1. The van der Waals surface area contributed by atoms with E-state index >= 15 is 0 Å². The standard InChI is InChI=1S/C18H28N4/c1-21-10-6-7-16-13-15(8-9-17(16)21)14-20-18(19)22-11-4-2-3-5-12-22/h8-9,13H,2-7,10-12,14H2,1H3,(H2,19,20). The quantitative estimate of drug-likeness (QED) is 0.675. The monoisotopic (exact) mass is 300 g/mol. The molecule has 4 heteroatoms. The van der Waals surface area contributed by atoms with Gasteiger partial charge in [0.05, 0.1) is 6.54 Å². The number of aryl methyl sites for hydroxylation is 1. The number of rotatable bonds is 2. The molecule has 0 bridgehead atoms. The molecule has 1 aromatic rings. The molecule has 22 heavy (non-hydrogen) atoms. The topological polar surface area (TPSA) is 44.9 Å². The molecule has 1 fully saturated rings. The van der Waals surface area contributed by atoms with Crippen LogP contribution in [0.3, 0.4) is 0 Å². The lowest BCUT2D eigenvalue weighted by atomic mass is 10.00. The number of hydrogen-bond donors (Lipinski definition) is 1. The van der Waals surface area contributed by atoms with Crippen molar-refractivity contribution in [1.82, 2.24) is 4.90 Å². The summed E-state index contributed by atoms with van der Waals surface area (Å²) in [5.74, 6) is 0.719. The molecule has 120 valence electrons. The summed E-state index contributed by atoms with van der Waals surface area (Å²) in [4.78, 5) is 9.23. The highest BCUT2D eigenvalue weighted by molar-refractivity contribution is 5.78. The largest absolute Gasteiger partial charge is 0.374 e. The van der Waals surface area contributed by atoms with Crippen molar-refractivity contribution < 1.29 is 0 Å². The van der Waals surface area contributed by atoms with Gasteiger partial charge in [-0.05, 0) is 42.9 Å². The SMILES string of the molecule is CN1CCCc2cc(CN=C(N)N3CCCCCC3)ccc21. The average molecular weight is 300 g/mol. The lowest BCUT2D eigenvalue weighted by molar-refractivity contribution is 0.428. The van der Waals surface area contributed by atoms with Crippen molar-refractivity contribution in [3.8, 4) is 0 Å². The highest BCUT2D eigenvalue weighted by atomic mass is 15.2. The molecule has 2 heterocycles. The van der Waals surface area contributed by atoms with E-state index in [-0.39, 0.29) is 0 Å². The van der Waals surface area contributed by atoms with E-state index in [9.17, 15) is 0 Å². The van der Waals surface area contributed by atoms with Gasteiger partial charge in [0.15, 0.2) is 5.96 Å². The van der Waals surface area contributed by atoms with Gasteiger partial charge < -0.3 is 15.5 Å². The second kappa shape index (κ2) is 7.03. The smallest absolute Gasteiger partial charge is 0.191 e. The minimum atomic E-state index is 0.694. The summed E-state index contributed by atoms with van der Waals surface area (Å²) in [5.41, 5.74) is 10.3. The number of hydrogen-bond acceptors (Lipinski definition) is 2. The maximum Gasteiger partial charge on any atom is 0.191 e. The summed E-state index contributed by atoms with van der Waals surface area (Å²) in [6.07, 6.45) is 7.54. The van der Waals surface area contributed by atoms with Crippen molar-refractivity contribution in [3.05, 3.63) is 29.3 Å². The van der Waals surface area contributed by atoms with Gasteiger partial charge in [0.25, 0.3) is 0 Å². The van der Waals surface area contributed by atoms with E-state index in [2.05, 4.69) is 40.0 Å². The van der Waals surface area contributed by atoms with Crippen LogP contribution in [0.25, 0.3) is 0 Å². The molecule has 2 aliphatic rings. The summed E-state index contributed by atoms with van der Waals surface area (Å²) < 4.78 is 0. The zero-order valence-electron chi connectivity index (χ0n) is 13.7. The molecule has 1 aromatic carbocycles. The van der Waals surface area contributed by atoms with Crippen molar-refractivity contribution >= 4 is 11.6 Å². The van der Waals surface area contributed by atoms with Gasteiger partial charge in [0.2, 0.25) is 0 Å². The van der Waals surface area contributed by atoms with Crippen molar-refractivity contribution in [1.29, 1.82) is 0 Å². The molecule has 1 saturated heterocycles. The third kappa shape index (κ3) is 3.54. The maximum atomic E-state index is 6.19. The van der Waals surface area contributed by atoms with Crippen LogP contribution in [0.2, 0.25) is 0 Å². The van der Waals surface area contributed by atoms with Crippen LogP contribution < -0.4 is 10.6 Å². The Kier molecular flexibility index (Phi) is 4.86. The second-order valence-corrected chi connectivity index (χ2v) is 6.56. The third-order valence-electron chi connectivity index (χ3n) is 4.85. The molecule has 0 aromatic heterocycles. The zero-order chi connectivity index (χ0) is 15.4. The van der Waals surface area contributed by atoms with Gasteiger partial charge in [-0.2, -0.15) is 0 Å². The minimum Gasteiger partial charge on any atom is -0.374 e. The van der Waals surface area contributed by atoms with Crippen molar-refractivity contribution in [2.45, 2.75) is 45.1 Å². The average Bonchev–Trinajstić information content (AvgIpc) is 2.82. The zero-order valence-corrected chi connectivity index (χ0v) is 13.7. The van der Waals surface area contributed by atoms with Crippen LogP contribution in [0.1, 0.15) is 43.2 Å². The Bertz CT molecular complexity index is 530. The maximum absolute atomic E-state index is 6.19. The predicted molar refractivity (Wildman–Crippen MR) is 93.4 cm³/mol. The number of benzene rings is 1. The molecule has 3 rings (SSSR count). The molecule has 0 amide bonds. The highest BCUT2D eigenvalue weighted by Gasteiger charge is 2.14. The lowest BCUT2D eigenvalue weighted by Gasteiger charge is -2.27. The molecule has 4 nitrogen and oxygen atoms in total. The van der Waals surface area contributed by atoms with Crippen LogP contribution in [-0.4, -0.2) is 37.5 Å². The van der Waals surface area contributed by atoms with E-state index in [1.807, 2.05) is 0 Å². The number of aliphatic imine (C=N–C) groups is 1. The Hall–Kier alpha value is -1.71. The summed E-state index contributed by atoms with van der Waals surface area (Å²) in [6, 6.07) is 6.74. The molecule has 0 aliphatic carbocycles. The van der Waals surface area contributed by atoms with Gasteiger partial charge in [-0.25, -0.2) is 4.99 Å². The van der Waals surface area contributed by atoms with Crippen molar-refractivity contribution in [3.63, 3.8) is 0 Å². The van der Waals surface area contributed by atoms with Crippen LogP contribution >= 0.6 is 0 Å². The first-order valence-corrected chi connectivity index (χ1v) is 8.62. The van der Waals surface area contributed by atoms with Crippen molar-refractivity contribution in [2.24, 2.45) is 10.7 Å². The first-order valence-electron chi connectivity index (χ1n) is 8.62. The van der Waals surface area contributed by atoms with Crippen LogP contribution in [0.15, 0.2) is 23.2 Å². The normalized spacial score (nSPS) is 19.8. The van der Waals surface area contributed by atoms with E-state index in [4.69, 9.17) is 5.73 Å². The Morgan fingerprint density at radius 1 is 1.09 bits per heavy atom. The van der Waals surface area contributed by atoms with Crippen LogP contribution in [0.4, 0.5) is 5.69 Å². The molecule has 2 aliphatic heterocycles. The summed E-state index contributed by atoms with van der Waals surface area (Å²) in [6.45, 7) is 3.97. The predicted octanol–water partition coefficient (Wildman–Crippen LogP) is 2.76. The number of nitrogens with two attached hydrogens (primary N) is 1. The Balaban J connectivity index is 1.66. The molecule has 0 radical (unpaired) electrons. The number of fused-ring (bicyclic) bond motifs is 1. The third-order valence-corrected chi connectivity index (χ3v) is 4.85. The first-order chi connectivity index (χ1) is 10.7. The van der Waals surface area contributed by atoms with Crippen LogP contribution in [0, 0.1) is 0 Å². The van der Waals surface area contributed by atoms with Gasteiger partial charge >= 0.3 is 0 Å². The molecule has 2 N–H and O–H groups in total. The summed E-state index contributed by atoms with van der Waals surface area (Å²) >= 11 is 0. The number of nitrogens with zero attached hydrogens (tertiary/aromatic N) is 3. The van der Waals surface area contributed by atoms with E-state index < -0.39 is 0 Å². The van der Waals surface area contributed by atoms with Crippen LogP contribution in [0.5, 0.6) is 0 Å². The van der Waals surface area contributed by atoms with E-state index in [1.54, 1.807) is 0 Å². The fourth-order valence-electron chi connectivity index (χ4n) is 3.51. The summed E-state index contributed by atoms with van der Waals surface area (Å²) in [7, 11) is 2.17. The fraction of sp³-hybridized carbons (Fsp3) is 0.611. The van der Waals surface area contributed by atoms with E-state index in [1.165, 1.54) is 55.3 Å². The second-order valence-electron chi connectivity index (χ2n) is 6.56. The molecule has 0 atom stereocenters. The van der Waals surface area contributed by atoms with Gasteiger partial charge in [-0.3, -0.25) is 0 Å². The Morgan fingerprint density at radius 2 is 1.86 bits per heavy atom. The van der Waals surface area contributed by atoms with Gasteiger partial charge in [-0.15, -0.1) is 0 Å². The van der Waals surface area contributed by atoms with Crippen LogP contribution in [-0.2, 0) is 13.0 Å². The van der Waals surface area contributed by atoms with Gasteiger partial charge in [-0.1, -0.05) is 25.0 Å². The first kappa shape index (κ1) is 15.2. The van der Waals surface area contributed by atoms with E-state index in [0.717, 1.165) is 25.6 Å². The minimum absolute atomic E-state index is 0.694. The van der Waals surface area contributed by atoms with Crippen molar-refractivity contribution in [2.75, 3.05) is 31.6 Å². The molecule has 0 unspecified atom stereocenters. The number of anilines is 1. The highest BCUT2D eigenvalue weighted by Crippen LogP contribution is 2.27. The molecule has 0 saturated carbocycles. The fourth-order valence-corrected chi connectivity index (χ4v) is 3.51.